The number of carboxylic acids is 1. The zero-order chi connectivity index (χ0) is 11.0. The van der Waals surface area contributed by atoms with Crippen molar-refractivity contribution in [2.45, 2.75) is 18.9 Å². The zero-order valence-electron chi connectivity index (χ0n) is 7.90. The summed E-state index contributed by atoms with van der Waals surface area (Å²) in [5.41, 5.74) is 5.08. The highest BCUT2D eigenvalue weighted by molar-refractivity contribution is 5.80. The monoisotopic (exact) mass is 204 g/mol. The SMILES string of the molecule is NCC(=O)CCCNC(CO)C(=O)O. The van der Waals surface area contributed by atoms with E-state index in [1.807, 2.05) is 0 Å². The summed E-state index contributed by atoms with van der Waals surface area (Å²) >= 11 is 0. The maximum atomic E-state index is 10.7. The molecule has 82 valence electrons. The van der Waals surface area contributed by atoms with Crippen molar-refractivity contribution < 1.29 is 19.8 Å². The first kappa shape index (κ1) is 13.0. The highest BCUT2D eigenvalue weighted by Gasteiger charge is 2.14. The number of rotatable bonds is 8. The lowest BCUT2D eigenvalue weighted by Crippen LogP contribution is -2.40. The number of nitrogens with two attached hydrogens (primary N) is 1. The third-order valence-electron chi connectivity index (χ3n) is 1.73. The lowest BCUT2D eigenvalue weighted by atomic mass is 10.2. The van der Waals surface area contributed by atoms with Crippen LogP contribution in [-0.4, -0.2) is 47.7 Å². The van der Waals surface area contributed by atoms with Crippen LogP contribution in [-0.2, 0) is 9.59 Å². The van der Waals surface area contributed by atoms with Crippen LogP contribution in [0, 0.1) is 0 Å². The van der Waals surface area contributed by atoms with Gasteiger partial charge in [0.2, 0.25) is 0 Å². The summed E-state index contributed by atoms with van der Waals surface area (Å²) in [7, 11) is 0. The molecule has 0 saturated heterocycles. The summed E-state index contributed by atoms with van der Waals surface area (Å²) < 4.78 is 0. The molecule has 0 spiro atoms. The molecule has 1 unspecified atom stereocenters. The van der Waals surface area contributed by atoms with Gasteiger partial charge in [-0.05, 0) is 13.0 Å². The average molecular weight is 204 g/mol. The van der Waals surface area contributed by atoms with Crippen molar-refractivity contribution in [3.63, 3.8) is 0 Å². The van der Waals surface area contributed by atoms with Crippen molar-refractivity contribution in [1.29, 1.82) is 0 Å². The Balaban J connectivity index is 3.52. The third kappa shape index (κ3) is 5.63. The van der Waals surface area contributed by atoms with Crippen molar-refractivity contribution >= 4 is 11.8 Å². The molecule has 5 N–H and O–H groups in total. The normalized spacial score (nSPS) is 12.4. The molecule has 0 amide bonds. The second-order valence-corrected chi connectivity index (χ2v) is 2.87. The molecule has 0 fully saturated rings. The van der Waals surface area contributed by atoms with Gasteiger partial charge in [0.15, 0.2) is 0 Å². The van der Waals surface area contributed by atoms with Gasteiger partial charge < -0.3 is 21.3 Å². The highest BCUT2D eigenvalue weighted by atomic mass is 16.4. The van der Waals surface area contributed by atoms with Crippen LogP contribution >= 0.6 is 0 Å². The number of carbonyl (C=O) groups is 2. The van der Waals surface area contributed by atoms with E-state index < -0.39 is 18.6 Å². The molecule has 0 heterocycles. The summed E-state index contributed by atoms with van der Waals surface area (Å²) in [6.07, 6.45) is 0.862. The van der Waals surface area contributed by atoms with Crippen LogP contribution in [0.4, 0.5) is 0 Å². The fourth-order valence-corrected chi connectivity index (χ4v) is 0.894. The molecule has 0 aromatic rings. The van der Waals surface area contributed by atoms with Gasteiger partial charge in [-0.2, -0.15) is 0 Å². The van der Waals surface area contributed by atoms with Crippen LogP contribution in [0.1, 0.15) is 12.8 Å². The molecule has 0 aromatic carbocycles. The maximum Gasteiger partial charge on any atom is 0.323 e. The highest BCUT2D eigenvalue weighted by Crippen LogP contribution is 1.89. The quantitative estimate of drug-likeness (QED) is 0.352. The third-order valence-corrected chi connectivity index (χ3v) is 1.73. The Morgan fingerprint density at radius 1 is 1.43 bits per heavy atom. The maximum absolute atomic E-state index is 10.7. The van der Waals surface area contributed by atoms with Crippen LogP contribution in [0.2, 0.25) is 0 Å². The lowest BCUT2D eigenvalue weighted by molar-refractivity contribution is -0.140. The molecule has 14 heavy (non-hydrogen) atoms. The Labute approximate surface area is 82.1 Å². The largest absolute Gasteiger partial charge is 0.480 e. The van der Waals surface area contributed by atoms with Crippen LogP contribution in [0.15, 0.2) is 0 Å². The summed E-state index contributed by atoms with van der Waals surface area (Å²) in [5, 5.41) is 19.7. The minimum Gasteiger partial charge on any atom is -0.480 e. The molecule has 0 aliphatic heterocycles. The standard InChI is InChI=1S/C8H16N2O4/c9-4-6(12)2-1-3-10-7(5-11)8(13)14/h7,10-11H,1-5,9H2,(H,13,14). The Hall–Kier alpha value is -0.980. The van der Waals surface area contributed by atoms with Gasteiger partial charge in [0.1, 0.15) is 11.8 Å². The van der Waals surface area contributed by atoms with E-state index in [9.17, 15) is 9.59 Å². The molecular weight excluding hydrogens is 188 g/mol. The first-order valence-corrected chi connectivity index (χ1v) is 4.40. The second kappa shape index (κ2) is 7.43. The fourth-order valence-electron chi connectivity index (χ4n) is 0.894. The molecule has 0 radical (unpaired) electrons. The van der Waals surface area contributed by atoms with Gasteiger partial charge in [0, 0.05) is 6.42 Å². The minimum atomic E-state index is -1.10. The molecular formula is C8H16N2O4. The second-order valence-electron chi connectivity index (χ2n) is 2.87. The molecule has 0 aliphatic carbocycles. The molecule has 0 saturated carbocycles. The number of carboxylic acid groups (broad SMARTS) is 1. The number of Topliss-reactive ketones (excluding diaryl/α,β-unsaturated/α-hetero) is 1. The van der Waals surface area contributed by atoms with Gasteiger partial charge in [-0.15, -0.1) is 0 Å². The van der Waals surface area contributed by atoms with E-state index in [0.717, 1.165) is 0 Å². The fraction of sp³-hybridized carbons (Fsp3) is 0.750. The molecule has 6 nitrogen and oxygen atoms in total. The first-order chi connectivity index (χ1) is 6.61. The summed E-state index contributed by atoms with van der Waals surface area (Å²) in [5.74, 6) is -1.15. The van der Waals surface area contributed by atoms with Crippen LogP contribution in [0.25, 0.3) is 0 Å². The number of aliphatic hydroxyl groups excluding tert-OH is 1. The van der Waals surface area contributed by atoms with E-state index in [1.165, 1.54) is 0 Å². The van der Waals surface area contributed by atoms with E-state index in [2.05, 4.69) is 5.32 Å². The Kier molecular flexibility index (Phi) is 6.91. The smallest absolute Gasteiger partial charge is 0.323 e. The predicted octanol–water partition coefficient (Wildman–Crippen LogP) is -1.67. The van der Waals surface area contributed by atoms with E-state index in [1.54, 1.807) is 0 Å². The van der Waals surface area contributed by atoms with Crippen LogP contribution in [0.3, 0.4) is 0 Å². The van der Waals surface area contributed by atoms with Gasteiger partial charge in [0.05, 0.1) is 13.2 Å². The summed E-state index contributed by atoms with van der Waals surface area (Å²) in [6, 6.07) is -0.956. The number of hydrogen-bond donors (Lipinski definition) is 4. The number of hydrogen-bond acceptors (Lipinski definition) is 5. The van der Waals surface area contributed by atoms with Gasteiger partial charge >= 0.3 is 5.97 Å². The lowest BCUT2D eigenvalue weighted by Gasteiger charge is -2.10. The number of ketones is 1. The van der Waals surface area contributed by atoms with Crippen molar-refractivity contribution in [1.82, 2.24) is 5.32 Å². The van der Waals surface area contributed by atoms with E-state index >= 15 is 0 Å². The van der Waals surface area contributed by atoms with Gasteiger partial charge in [-0.3, -0.25) is 9.59 Å². The van der Waals surface area contributed by atoms with Crippen molar-refractivity contribution in [2.75, 3.05) is 19.7 Å². The Morgan fingerprint density at radius 3 is 2.50 bits per heavy atom. The number of nitrogens with one attached hydrogen (secondary N) is 1. The topological polar surface area (TPSA) is 113 Å². The molecule has 0 rings (SSSR count). The number of carbonyl (C=O) groups excluding carboxylic acids is 1. The summed E-state index contributed by atoms with van der Waals surface area (Å²) in [4.78, 5) is 21.1. The molecule has 0 aliphatic rings. The average Bonchev–Trinajstić information content (AvgIpc) is 2.16. The van der Waals surface area contributed by atoms with Crippen molar-refractivity contribution in [3.05, 3.63) is 0 Å². The van der Waals surface area contributed by atoms with E-state index in [4.69, 9.17) is 15.9 Å². The molecule has 1 atom stereocenters. The van der Waals surface area contributed by atoms with E-state index in [-0.39, 0.29) is 12.3 Å². The van der Waals surface area contributed by atoms with Gasteiger partial charge in [-0.25, -0.2) is 0 Å². The molecule has 0 aromatic heterocycles. The number of aliphatic carboxylic acids is 1. The van der Waals surface area contributed by atoms with Gasteiger partial charge in [-0.1, -0.05) is 0 Å². The Morgan fingerprint density at radius 2 is 2.07 bits per heavy atom. The first-order valence-electron chi connectivity index (χ1n) is 4.40. The number of aliphatic hydroxyl groups is 1. The Bertz CT molecular complexity index is 196. The minimum absolute atomic E-state index is 0.0162. The van der Waals surface area contributed by atoms with Crippen molar-refractivity contribution in [2.24, 2.45) is 5.73 Å². The van der Waals surface area contributed by atoms with E-state index in [0.29, 0.717) is 19.4 Å². The van der Waals surface area contributed by atoms with Gasteiger partial charge in [0.25, 0.3) is 0 Å². The van der Waals surface area contributed by atoms with Crippen LogP contribution in [0.5, 0.6) is 0 Å². The van der Waals surface area contributed by atoms with Crippen molar-refractivity contribution in [3.8, 4) is 0 Å². The zero-order valence-corrected chi connectivity index (χ0v) is 7.90. The summed E-state index contributed by atoms with van der Waals surface area (Å²) in [6.45, 7) is -0.0637. The predicted molar refractivity (Wildman–Crippen MR) is 49.8 cm³/mol. The molecule has 0 bridgehead atoms. The van der Waals surface area contributed by atoms with Crippen LogP contribution < -0.4 is 11.1 Å². The molecule has 6 heteroatoms.